The molecule has 9 nitrogen and oxygen atoms in total. The zero-order valence-electron chi connectivity index (χ0n) is 22.4. The highest BCUT2D eigenvalue weighted by molar-refractivity contribution is 6.10. The van der Waals surface area contributed by atoms with Crippen molar-refractivity contribution in [1.29, 1.82) is 0 Å². The van der Waals surface area contributed by atoms with E-state index in [1.54, 1.807) is 4.90 Å². The molecule has 1 aromatic carbocycles. The fourth-order valence-electron chi connectivity index (χ4n) is 5.44. The number of nitrogens with zero attached hydrogens (tertiary/aromatic N) is 3. The average Bonchev–Trinajstić information content (AvgIpc) is 3.07. The van der Waals surface area contributed by atoms with Crippen LogP contribution in [0, 0.1) is 5.92 Å². The lowest BCUT2D eigenvalue weighted by atomic mass is 9.77. The number of amides is 1. The van der Waals surface area contributed by atoms with Crippen molar-refractivity contribution in [3.05, 3.63) is 35.4 Å². The quantitative estimate of drug-likeness (QED) is 0.344. The summed E-state index contributed by atoms with van der Waals surface area (Å²) >= 11 is 0. The molecule has 9 heteroatoms. The second-order valence-corrected chi connectivity index (χ2v) is 10.4. The maximum Gasteiger partial charge on any atom is 0.321 e. The highest BCUT2D eigenvalue weighted by Gasteiger charge is 2.30. The third-order valence-electron chi connectivity index (χ3n) is 7.61. The molecule has 0 atom stereocenters. The van der Waals surface area contributed by atoms with Crippen LogP contribution < -0.4 is 20.1 Å². The third kappa shape index (κ3) is 7.14. The summed E-state index contributed by atoms with van der Waals surface area (Å²) in [7, 11) is 0. The number of ether oxygens (including phenoxy) is 2. The average molecular weight is 525 g/mol. The van der Waals surface area contributed by atoms with Gasteiger partial charge in [-0.1, -0.05) is 51.2 Å². The van der Waals surface area contributed by atoms with Crippen LogP contribution in [-0.4, -0.2) is 46.7 Å². The number of hydrogen-bond donors (Lipinski definition) is 2. The van der Waals surface area contributed by atoms with Crippen LogP contribution in [-0.2, 0) is 4.79 Å². The van der Waals surface area contributed by atoms with Gasteiger partial charge in [-0.2, -0.15) is 9.97 Å². The monoisotopic (exact) mass is 524 g/mol. The number of fused-ring (bicyclic) bond motifs is 1. The summed E-state index contributed by atoms with van der Waals surface area (Å²) in [6.45, 7) is 3.34. The van der Waals surface area contributed by atoms with Crippen molar-refractivity contribution in [3.8, 4) is 11.9 Å². The molecule has 1 aliphatic heterocycles. The van der Waals surface area contributed by atoms with Gasteiger partial charge in [-0.05, 0) is 61.6 Å². The maximum atomic E-state index is 13.5. The number of carbonyl (C=O) groups is 2. The molecule has 0 saturated heterocycles. The summed E-state index contributed by atoms with van der Waals surface area (Å²) in [5, 5.41) is 9.05. The summed E-state index contributed by atoms with van der Waals surface area (Å²) in [4.78, 5) is 34.7. The predicted octanol–water partition coefficient (Wildman–Crippen LogP) is 5.59. The minimum Gasteiger partial charge on any atom is -0.481 e. The Kier molecular flexibility index (Phi) is 9.79. The molecule has 1 aliphatic carbocycles. The van der Waals surface area contributed by atoms with E-state index in [1.807, 2.05) is 12.1 Å². The Morgan fingerprint density at radius 3 is 2.50 bits per heavy atom. The Hall–Kier alpha value is -3.36. The Labute approximate surface area is 224 Å². The minimum absolute atomic E-state index is 0.0552. The normalized spacial score (nSPS) is 19.4. The molecule has 1 aromatic heterocycles. The second-order valence-electron chi connectivity index (χ2n) is 10.4. The fourth-order valence-corrected chi connectivity index (χ4v) is 5.44. The molecular formula is C29H40N4O5. The number of nitrogen functional groups attached to an aromatic ring is 1. The molecule has 0 bridgehead atoms. The predicted molar refractivity (Wildman–Crippen MR) is 146 cm³/mol. The molecule has 4 rings (SSSR count). The number of nitrogens with two attached hydrogens (primary N) is 1. The molecular weight excluding hydrogens is 484 g/mol. The lowest BCUT2D eigenvalue weighted by Crippen LogP contribution is -2.32. The Morgan fingerprint density at radius 1 is 1.08 bits per heavy atom. The van der Waals surface area contributed by atoms with Gasteiger partial charge in [0.15, 0.2) is 0 Å². The molecule has 2 heterocycles. The van der Waals surface area contributed by atoms with Crippen molar-refractivity contribution >= 4 is 23.4 Å². The lowest BCUT2D eigenvalue weighted by Gasteiger charge is -2.28. The summed E-state index contributed by atoms with van der Waals surface area (Å²) in [5.41, 5.74) is 8.34. The van der Waals surface area contributed by atoms with E-state index in [0.29, 0.717) is 19.1 Å². The zero-order valence-corrected chi connectivity index (χ0v) is 22.4. The fraction of sp³-hybridized carbons (Fsp3) is 0.586. The number of carboxylic acids is 1. The highest BCUT2D eigenvalue weighted by Crippen LogP contribution is 2.38. The van der Waals surface area contributed by atoms with Crippen LogP contribution in [0.5, 0.6) is 11.9 Å². The first-order valence-corrected chi connectivity index (χ1v) is 14.0. The second kappa shape index (κ2) is 13.4. The molecule has 3 N–H and O–H groups in total. The van der Waals surface area contributed by atoms with E-state index in [2.05, 4.69) is 29.0 Å². The molecule has 2 aromatic rings. The van der Waals surface area contributed by atoms with Crippen molar-refractivity contribution in [1.82, 2.24) is 9.97 Å². The van der Waals surface area contributed by atoms with Gasteiger partial charge in [0.25, 0.3) is 5.91 Å². The van der Waals surface area contributed by atoms with E-state index in [4.69, 9.17) is 20.3 Å². The number of anilines is 2. The van der Waals surface area contributed by atoms with Crippen LogP contribution in [0.4, 0.5) is 11.5 Å². The van der Waals surface area contributed by atoms with Gasteiger partial charge in [0.05, 0.1) is 13.2 Å². The molecule has 0 radical (unpaired) electrons. The van der Waals surface area contributed by atoms with Crippen molar-refractivity contribution in [2.45, 2.75) is 83.5 Å². The van der Waals surface area contributed by atoms with E-state index >= 15 is 0 Å². The summed E-state index contributed by atoms with van der Waals surface area (Å²) < 4.78 is 11.5. The third-order valence-corrected chi connectivity index (χ3v) is 7.61. The molecule has 1 saturated carbocycles. The van der Waals surface area contributed by atoms with Gasteiger partial charge in [-0.15, -0.1) is 0 Å². The summed E-state index contributed by atoms with van der Waals surface area (Å²) in [6, 6.07) is 8.18. The maximum absolute atomic E-state index is 13.5. The van der Waals surface area contributed by atoms with Crippen molar-refractivity contribution in [2.75, 3.05) is 30.4 Å². The number of unbranched alkanes of at least 4 members (excludes halogenated alkanes) is 5. The van der Waals surface area contributed by atoms with Gasteiger partial charge < -0.3 is 25.2 Å². The van der Waals surface area contributed by atoms with Crippen LogP contribution in [0.25, 0.3) is 0 Å². The largest absolute Gasteiger partial charge is 0.481 e. The summed E-state index contributed by atoms with van der Waals surface area (Å²) in [6.07, 6.45) is 11.0. The number of aliphatic carboxylic acids is 1. The number of rotatable bonds is 12. The Bertz CT molecular complexity index is 1080. The smallest absolute Gasteiger partial charge is 0.321 e. The lowest BCUT2D eigenvalue weighted by molar-refractivity contribution is -0.138. The number of carboxylic acid groups (broad SMARTS) is 1. The van der Waals surface area contributed by atoms with Crippen molar-refractivity contribution in [3.63, 3.8) is 0 Å². The van der Waals surface area contributed by atoms with Crippen LogP contribution in [0.1, 0.15) is 99.4 Å². The first-order valence-electron chi connectivity index (χ1n) is 14.0. The topological polar surface area (TPSA) is 128 Å². The van der Waals surface area contributed by atoms with Gasteiger partial charge in [0.1, 0.15) is 18.0 Å². The van der Waals surface area contributed by atoms with Crippen LogP contribution in [0.2, 0.25) is 0 Å². The van der Waals surface area contributed by atoms with Crippen LogP contribution in [0.15, 0.2) is 24.3 Å². The van der Waals surface area contributed by atoms with Gasteiger partial charge in [-0.25, -0.2) is 0 Å². The molecule has 1 fully saturated rings. The van der Waals surface area contributed by atoms with Crippen LogP contribution >= 0.6 is 0 Å². The Balaban J connectivity index is 1.37. The minimum atomic E-state index is -0.714. The van der Waals surface area contributed by atoms with Gasteiger partial charge in [0, 0.05) is 12.1 Å². The van der Waals surface area contributed by atoms with E-state index in [1.165, 1.54) is 31.2 Å². The summed E-state index contributed by atoms with van der Waals surface area (Å²) in [5.74, 6) is -0.103. The highest BCUT2D eigenvalue weighted by atomic mass is 16.5. The first-order chi connectivity index (χ1) is 18.5. The number of hydrogen-bond acceptors (Lipinski definition) is 7. The Morgan fingerprint density at radius 2 is 1.79 bits per heavy atom. The number of benzene rings is 1. The molecule has 1 amide bonds. The zero-order chi connectivity index (χ0) is 26.9. The van der Waals surface area contributed by atoms with E-state index in [9.17, 15) is 9.59 Å². The molecule has 2 aliphatic rings. The van der Waals surface area contributed by atoms with Gasteiger partial charge in [0.2, 0.25) is 5.88 Å². The molecule has 0 spiro atoms. The SMILES string of the molecule is CCCCCCCCOc1nc(N)c2c(n1)OCCN(c1ccc(C3CCC(CC(=O)O)CC3)cc1)C2=O. The molecule has 38 heavy (non-hydrogen) atoms. The number of aromatic nitrogens is 2. The van der Waals surface area contributed by atoms with Gasteiger partial charge >= 0.3 is 12.0 Å². The van der Waals surface area contributed by atoms with Crippen molar-refractivity contribution < 1.29 is 24.2 Å². The van der Waals surface area contributed by atoms with Crippen LogP contribution in [0.3, 0.4) is 0 Å². The molecule has 206 valence electrons. The number of carbonyl (C=O) groups excluding carboxylic acids is 1. The standard InChI is InChI=1S/C29H40N4O5/c1-2-3-4-5-6-7-17-38-29-31-26(30)25-27(32-29)37-18-16-33(28(25)36)23-14-12-22(13-15-23)21-10-8-20(9-11-21)19-24(34)35/h12-15,20-21H,2-11,16-19H2,1H3,(H,34,35)(H2,30,31,32). The van der Waals surface area contributed by atoms with E-state index < -0.39 is 5.97 Å². The first kappa shape index (κ1) is 27.7. The van der Waals surface area contributed by atoms with Gasteiger partial charge in [-0.3, -0.25) is 9.59 Å². The molecule has 0 unspecified atom stereocenters. The van der Waals surface area contributed by atoms with E-state index in [0.717, 1.165) is 44.2 Å². The van der Waals surface area contributed by atoms with Crippen molar-refractivity contribution in [2.24, 2.45) is 5.92 Å². The van der Waals surface area contributed by atoms with E-state index in [-0.39, 0.29) is 48.1 Å².